The fourth-order valence-corrected chi connectivity index (χ4v) is 4.52. The van der Waals surface area contributed by atoms with E-state index in [-0.39, 0.29) is 30.5 Å². The predicted molar refractivity (Wildman–Crippen MR) is 114 cm³/mol. The molecule has 0 aliphatic carbocycles. The molecule has 10 heteroatoms. The van der Waals surface area contributed by atoms with Gasteiger partial charge in [0, 0.05) is 27.3 Å². The number of hydrogen-bond donors (Lipinski definition) is 3. The molecule has 0 aliphatic heterocycles. The molecule has 0 fully saturated rings. The molecule has 0 aliphatic rings. The van der Waals surface area contributed by atoms with E-state index in [1.165, 1.54) is 12.1 Å². The van der Waals surface area contributed by atoms with Crippen LogP contribution >= 0.6 is 22.6 Å². The van der Waals surface area contributed by atoms with Crippen LogP contribution in [0.3, 0.4) is 0 Å². The van der Waals surface area contributed by atoms with Gasteiger partial charge in [0.2, 0.25) is 5.95 Å². The summed E-state index contributed by atoms with van der Waals surface area (Å²) in [7, 11) is 0. The van der Waals surface area contributed by atoms with Gasteiger partial charge in [0.25, 0.3) is 0 Å². The Hall–Kier alpha value is -2.60. The fraction of sp³-hybridized carbons (Fsp3) is 0.158. The van der Waals surface area contributed by atoms with Crippen LogP contribution in [0.5, 0.6) is 0 Å². The van der Waals surface area contributed by atoms with Crippen LogP contribution in [0.2, 0.25) is 0 Å². The van der Waals surface area contributed by atoms with E-state index in [2.05, 4.69) is 9.97 Å². The van der Waals surface area contributed by atoms with Crippen molar-refractivity contribution < 1.29 is 18.3 Å². The number of rotatable bonds is 3. The molecular formula is C19H15F3IN5O. The van der Waals surface area contributed by atoms with Crippen LogP contribution in [-0.4, -0.2) is 26.2 Å². The summed E-state index contributed by atoms with van der Waals surface area (Å²) < 4.78 is 43.5. The molecule has 0 spiro atoms. The van der Waals surface area contributed by atoms with Crippen molar-refractivity contribution in [1.82, 2.24) is 14.5 Å². The number of benzene rings is 2. The average molecular weight is 513 g/mol. The first-order valence-electron chi connectivity index (χ1n) is 8.54. The normalized spacial score (nSPS) is 12.2. The molecule has 5 N–H and O–H groups in total. The lowest BCUT2D eigenvalue weighted by Crippen LogP contribution is -2.10. The summed E-state index contributed by atoms with van der Waals surface area (Å²) >= 11 is 1.97. The van der Waals surface area contributed by atoms with E-state index in [1.54, 1.807) is 22.9 Å². The number of aromatic nitrogens is 3. The molecule has 150 valence electrons. The monoisotopic (exact) mass is 513 g/mol. The quantitative estimate of drug-likeness (QED) is 0.359. The van der Waals surface area contributed by atoms with E-state index in [9.17, 15) is 18.3 Å². The van der Waals surface area contributed by atoms with Gasteiger partial charge >= 0.3 is 6.18 Å². The minimum atomic E-state index is -4.54. The zero-order valence-electron chi connectivity index (χ0n) is 14.8. The van der Waals surface area contributed by atoms with Gasteiger partial charge in [-0.3, -0.25) is 0 Å². The Morgan fingerprint density at radius 2 is 1.83 bits per heavy atom. The number of hydrogen-bond acceptors (Lipinski definition) is 5. The summed E-state index contributed by atoms with van der Waals surface area (Å²) in [5.41, 5.74) is 12.4. The molecule has 2 aromatic heterocycles. The van der Waals surface area contributed by atoms with Crippen LogP contribution in [0.15, 0.2) is 36.5 Å². The second-order valence-corrected chi connectivity index (χ2v) is 7.50. The number of nitrogens with zero attached hydrogens (tertiary/aromatic N) is 3. The lowest BCUT2D eigenvalue weighted by atomic mass is 9.95. The first kappa shape index (κ1) is 19.7. The molecule has 0 amide bonds. The van der Waals surface area contributed by atoms with Crippen molar-refractivity contribution in [2.75, 3.05) is 18.1 Å². The Kier molecular flexibility index (Phi) is 4.77. The molecule has 0 radical (unpaired) electrons. The Bertz CT molecular complexity index is 1250. The Labute approximate surface area is 176 Å². The molecule has 0 saturated heterocycles. The highest BCUT2D eigenvalue weighted by atomic mass is 127. The van der Waals surface area contributed by atoms with E-state index in [0.29, 0.717) is 30.9 Å². The van der Waals surface area contributed by atoms with Gasteiger partial charge in [-0.05, 0) is 40.3 Å². The molecule has 4 aromatic rings. The van der Waals surface area contributed by atoms with Crippen LogP contribution < -0.4 is 11.5 Å². The van der Waals surface area contributed by atoms with Gasteiger partial charge < -0.3 is 21.1 Å². The van der Waals surface area contributed by atoms with E-state index < -0.39 is 11.7 Å². The molecule has 2 heterocycles. The SMILES string of the molecule is Nc1nc(N)c2c(n1)c(I)c(-c1ccccc1C(F)(F)F)c1c2ccn1CCO. The summed E-state index contributed by atoms with van der Waals surface area (Å²) in [6.07, 6.45) is -2.84. The zero-order chi connectivity index (χ0) is 20.9. The molecule has 0 unspecified atom stereocenters. The largest absolute Gasteiger partial charge is 0.417 e. The van der Waals surface area contributed by atoms with Crippen molar-refractivity contribution >= 4 is 56.2 Å². The minimum absolute atomic E-state index is 0.0185. The second kappa shape index (κ2) is 7.02. The molecule has 2 aromatic carbocycles. The predicted octanol–water partition coefficient (Wildman–Crippen LogP) is 4.03. The first-order chi connectivity index (χ1) is 13.7. The van der Waals surface area contributed by atoms with Gasteiger partial charge in [0.15, 0.2) is 0 Å². The maximum Gasteiger partial charge on any atom is 0.417 e. The number of aliphatic hydroxyl groups excluding tert-OH is 1. The van der Waals surface area contributed by atoms with Crippen molar-refractivity contribution in [3.8, 4) is 11.1 Å². The van der Waals surface area contributed by atoms with E-state index in [0.717, 1.165) is 6.07 Å². The molecule has 29 heavy (non-hydrogen) atoms. The second-order valence-electron chi connectivity index (χ2n) is 6.42. The molecule has 0 saturated carbocycles. The van der Waals surface area contributed by atoms with Gasteiger partial charge in [-0.1, -0.05) is 18.2 Å². The van der Waals surface area contributed by atoms with Crippen molar-refractivity contribution in [2.24, 2.45) is 0 Å². The highest BCUT2D eigenvalue weighted by molar-refractivity contribution is 14.1. The Morgan fingerprint density at radius 1 is 1.10 bits per heavy atom. The Balaban J connectivity index is 2.25. The van der Waals surface area contributed by atoms with Gasteiger partial charge in [-0.2, -0.15) is 18.2 Å². The van der Waals surface area contributed by atoms with Crippen LogP contribution in [0.25, 0.3) is 32.9 Å². The third-order valence-electron chi connectivity index (χ3n) is 4.69. The van der Waals surface area contributed by atoms with Crippen LogP contribution in [0.4, 0.5) is 24.9 Å². The van der Waals surface area contributed by atoms with Gasteiger partial charge in [-0.25, -0.2) is 4.98 Å². The summed E-state index contributed by atoms with van der Waals surface area (Å²) in [6.45, 7) is 0.0362. The summed E-state index contributed by atoms with van der Waals surface area (Å²) in [4.78, 5) is 8.27. The van der Waals surface area contributed by atoms with Crippen LogP contribution in [0.1, 0.15) is 5.56 Å². The van der Waals surface area contributed by atoms with Gasteiger partial charge in [0.05, 0.1) is 28.6 Å². The topological polar surface area (TPSA) is 103 Å². The summed E-state index contributed by atoms with van der Waals surface area (Å²) in [6, 6.07) is 7.11. The number of aliphatic hydroxyl groups is 1. The van der Waals surface area contributed by atoms with Crippen LogP contribution in [-0.2, 0) is 12.7 Å². The number of nitrogen functional groups attached to an aromatic ring is 2. The number of alkyl halides is 3. The van der Waals surface area contributed by atoms with Gasteiger partial charge in [-0.15, -0.1) is 0 Å². The van der Waals surface area contributed by atoms with E-state index in [1.807, 2.05) is 22.6 Å². The van der Waals surface area contributed by atoms with Crippen molar-refractivity contribution in [1.29, 1.82) is 0 Å². The minimum Gasteiger partial charge on any atom is -0.395 e. The maximum absolute atomic E-state index is 13.8. The average Bonchev–Trinajstić information content (AvgIpc) is 3.05. The zero-order valence-corrected chi connectivity index (χ0v) is 17.0. The third kappa shape index (κ3) is 3.15. The summed E-state index contributed by atoms with van der Waals surface area (Å²) in [5, 5.41) is 10.6. The highest BCUT2D eigenvalue weighted by Gasteiger charge is 2.35. The van der Waals surface area contributed by atoms with E-state index >= 15 is 0 Å². The van der Waals surface area contributed by atoms with Crippen LogP contribution in [0, 0.1) is 3.57 Å². The lowest BCUT2D eigenvalue weighted by molar-refractivity contribution is -0.137. The van der Waals surface area contributed by atoms with Crippen molar-refractivity contribution in [3.63, 3.8) is 0 Å². The highest BCUT2D eigenvalue weighted by Crippen LogP contribution is 2.45. The third-order valence-corrected chi connectivity index (χ3v) is 5.74. The molecule has 0 atom stereocenters. The maximum atomic E-state index is 13.8. The molecule has 0 bridgehead atoms. The van der Waals surface area contributed by atoms with Crippen molar-refractivity contribution in [3.05, 3.63) is 45.7 Å². The number of nitrogens with two attached hydrogens (primary N) is 2. The lowest BCUT2D eigenvalue weighted by Gasteiger charge is -2.18. The Morgan fingerprint density at radius 3 is 2.52 bits per heavy atom. The van der Waals surface area contributed by atoms with Crippen molar-refractivity contribution in [2.45, 2.75) is 12.7 Å². The first-order valence-corrected chi connectivity index (χ1v) is 9.62. The van der Waals surface area contributed by atoms with Gasteiger partial charge in [0.1, 0.15) is 5.82 Å². The number of halogens is 4. The molecule has 6 nitrogen and oxygen atoms in total. The van der Waals surface area contributed by atoms with E-state index in [4.69, 9.17) is 11.5 Å². The smallest absolute Gasteiger partial charge is 0.395 e. The standard InChI is InChI=1S/C19H15F3IN5O/c20-19(21,22)11-4-2-1-3-9(11)12-14(23)15-13(17(24)27-18(25)26-15)10-5-6-28(7-8-29)16(10)12/h1-6,29H,7-8H2,(H4,24,25,26,27). The molecule has 4 rings (SSSR count). The molecular weight excluding hydrogens is 498 g/mol. The number of fused-ring (bicyclic) bond motifs is 3. The number of anilines is 2. The summed E-state index contributed by atoms with van der Waals surface area (Å²) in [5.74, 6) is 0.0879. The fourth-order valence-electron chi connectivity index (χ4n) is 3.58.